The number of nitrogens with zero attached hydrogens (tertiary/aromatic N) is 1. The molecule has 0 spiro atoms. The molecule has 1 aromatic carbocycles. The van der Waals surface area contributed by atoms with Crippen molar-refractivity contribution in [1.29, 1.82) is 0 Å². The molecule has 22 heavy (non-hydrogen) atoms. The van der Waals surface area contributed by atoms with E-state index in [4.69, 9.17) is 0 Å². The van der Waals surface area contributed by atoms with Gasteiger partial charge in [-0.1, -0.05) is 19.8 Å². The molecule has 2 fully saturated rings. The summed E-state index contributed by atoms with van der Waals surface area (Å²) in [5, 5.41) is 3.69. The third-order valence-corrected chi connectivity index (χ3v) is 5.08. The van der Waals surface area contributed by atoms with Crippen LogP contribution in [0.1, 0.15) is 39.0 Å². The van der Waals surface area contributed by atoms with Crippen LogP contribution in [0.15, 0.2) is 18.2 Å². The van der Waals surface area contributed by atoms with Crippen molar-refractivity contribution in [3.8, 4) is 0 Å². The molecule has 122 valence electrons. The molecular weight excluding hydrogens is 282 g/mol. The molecule has 1 N–H and O–H groups in total. The molecule has 2 unspecified atom stereocenters. The molecule has 1 saturated heterocycles. The van der Waals surface area contributed by atoms with Crippen LogP contribution in [0.5, 0.6) is 0 Å². The Labute approximate surface area is 131 Å². The van der Waals surface area contributed by atoms with Crippen molar-refractivity contribution in [2.75, 3.05) is 24.5 Å². The van der Waals surface area contributed by atoms with Crippen LogP contribution in [-0.2, 0) is 0 Å². The smallest absolute Gasteiger partial charge is 0.149 e. The van der Waals surface area contributed by atoms with Crippen LogP contribution in [0, 0.1) is 23.5 Å². The molecule has 1 aliphatic heterocycles. The van der Waals surface area contributed by atoms with Gasteiger partial charge < -0.3 is 10.2 Å². The highest BCUT2D eigenvalue weighted by molar-refractivity contribution is 5.48. The number of benzene rings is 1. The fourth-order valence-electron chi connectivity index (χ4n) is 3.98. The van der Waals surface area contributed by atoms with Gasteiger partial charge in [0, 0.05) is 25.2 Å². The highest BCUT2D eigenvalue weighted by Gasteiger charge is 2.27. The Morgan fingerprint density at radius 1 is 1.18 bits per heavy atom. The molecule has 4 heteroatoms. The first-order valence-electron chi connectivity index (χ1n) is 8.55. The van der Waals surface area contributed by atoms with Crippen LogP contribution in [0.4, 0.5) is 14.5 Å². The van der Waals surface area contributed by atoms with Gasteiger partial charge >= 0.3 is 0 Å². The summed E-state index contributed by atoms with van der Waals surface area (Å²) in [4.78, 5) is 2.06. The first-order chi connectivity index (χ1) is 10.6. The van der Waals surface area contributed by atoms with Crippen molar-refractivity contribution in [3.63, 3.8) is 0 Å². The van der Waals surface area contributed by atoms with E-state index in [0.717, 1.165) is 38.0 Å². The van der Waals surface area contributed by atoms with E-state index in [-0.39, 0.29) is 0 Å². The lowest BCUT2D eigenvalue weighted by Crippen LogP contribution is -2.50. The highest BCUT2D eigenvalue weighted by Crippen LogP contribution is 2.27. The predicted octanol–water partition coefficient (Wildman–Crippen LogP) is 3.96. The maximum absolute atomic E-state index is 14.0. The third kappa shape index (κ3) is 3.78. The maximum atomic E-state index is 14.0. The molecule has 0 aromatic heterocycles. The molecule has 1 heterocycles. The summed E-state index contributed by atoms with van der Waals surface area (Å²) >= 11 is 0. The Bertz CT molecular complexity index is 500. The fourth-order valence-corrected chi connectivity index (χ4v) is 3.98. The fraction of sp³-hybridized carbons (Fsp3) is 0.667. The summed E-state index contributed by atoms with van der Waals surface area (Å²) in [6, 6.07) is 4.29. The Morgan fingerprint density at radius 2 is 1.95 bits per heavy atom. The largest absolute Gasteiger partial charge is 0.367 e. The van der Waals surface area contributed by atoms with Crippen molar-refractivity contribution < 1.29 is 8.78 Å². The van der Waals surface area contributed by atoms with Crippen molar-refractivity contribution in [1.82, 2.24) is 5.32 Å². The van der Waals surface area contributed by atoms with Crippen molar-refractivity contribution in [3.05, 3.63) is 29.8 Å². The van der Waals surface area contributed by atoms with E-state index in [1.807, 2.05) is 0 Å². The van der Waals surface area contributed by atoms with Crippen molar-refractivity contribution in [2.24, 2.45) is 11.8 Å². The van der Waals surface area contributed by atoms with E-state index in [1.165, 1.54) is 31.7 Å². The van der Waals surface area contributed by atoms with Gasteiger partial charge in [-0.05, 0) is 49.8 Å². The second-order valence-corrected chi connectivity index (χ2v) is 7.10. The van der Waals surface area contributed by atoms with Gasteiger partial charge in [0.1, 0.15) is 11.6 Å². The molecule has 0 amide bonds. The standard InChI is InChI=1S/C18H26F2N2/c1-13-8-16(21-10-14-4-2-3-5-14)12-22(11-13)18-7-6-15(19)9-17(18)20/h6-7,9,13-14,16,21H,2-5,8,10-12H2,1H3. The molecule has 3 rings (SSSR count). The summed E-state index contributed by atoms with van der Waals surface area (Å²) in [5.41, 5.74) is 0.528. The first-order valence-corrected chi connectivity index (χ1v) is 8.55. The number of rotatable bonds is 4. The number of nitrogens with one attached hydrogen (secondary N) is 1. The van der Waals surface area contributed by atoms with Crippen LogP contribution < -0.4 is 10.2 Å². The minimum absolute atomic E-state index is 0.397. The Balaban J connectivity index is 1.62. The van der Waals surface area contributed by atoms with E-state index >= 15 is 0 Å². The van der Waals surface area contributed by atoms with Gasteiger partial charge in [0.15, 0.2) is 0 Å². The molecule has 2 aliphatic rings. The number of piperidine rings is 1. The Morgan fingerprint density at radius 3 is 2.68 bits per heavy atom. The first kappa shape index (κ1) is 15.7. The van der Waals surface area contributed by atoms with Gasteiger partial charge in [0.05, 0.1) is 5.69 Å². The Kier molecular flexibility index (Phi) is 4.97. The van der Waals surface area contributed by atoms with Gasteiger partial charge in [-0.15, -0.1) is 0 Å². The molecule has 0 radical (unpaired) electrons. The van der Waals surface area contributed by atoms with Crippen LogP contribution in [0.25, 0.3) is 0 Å². The van der Waals surface area contributed by atoms with Gasteiger partial charge in [0.25, 0.3) is 0 Å². The second kappa shape index (κ2) is 6.95. The van der Waals surface area contributed by atoms with Crippen LogP contribution in [-0.4, -0.2) is 25.7 Å². The van der Waals surface area contributed by atoms with Gasteiger partial charge in [-0.2, -0.15) is 0 Å². The number of anilines is 1. The lowest BCUT2D eigenvalue weighted by molar-refractivity contribution is 0.330. The lowest BCUT2D eigenvalue weighted by atomic mass is 9.94. The topological polar surface area (TPSA) is 15.3 Å². The molecule has 1 aliphatic carbocycles. The summed E-state index contributed by atoms with van der Waals surface area (Å²) in [5.74, 6) is 0.360. The third-order valence-electron chi connectivity index (χ3n) is 5.08. The van der Waals surface area contributed by atoms with Crippen molar-refractivity contribution >= 4 is 5.69 Å². The average Bonchev–Trinajstić information content (AvgIpc) is 2.98. The van der Waals surface area contributed by atoms with E-state index in [0.29, 0.717) is 17.6 Å². The van der Waals surface area contributed by atoms with Crippen molar-refractivity contribution in [2.45, 2.75) is 45.1 Å². The predicted molar refractivity (Wildman–Crippen MR) is 86.1 cm³/mol. The van der Waals surface area contributed by atoms with Gasteiger partial charge in [0.2, 0.25) is 0 Å². The minimum atomic E-state index is -0.512. The van der Waals surface area contributed by atoms with Crippen LogP contribution >= 0.6 is 0 Å². The quantitative estimate of drug-likeness (QED) is 0.906. The zero-order valence-electron chi connectivity index (χ0n) is 13.3. The summed E-state index contributed by atoms with van der Waals surface area (Å²) in [6.07, 6.45) is 6.53. The molecule has 0 bridgehead atoms. The highest BCUT2D eigenvalue weighted by atomic mass is 19.1. The van der Waals surface area contributed by atoms with Gasteiger partial charge in [-0.25, -0.2) is 8.78 Å². The molecule has 1 aromatic rings. The van der Waals surface area contributed by atoms with E-state index in [1.54, 1.807) is 6.07 Å². The summed E-state index contributed by atoms with van der Waals surface area (Å²) < 4.78 is 27.1. The second-order valence-electron chi connectivity index (χ2n) is 7.10. The molecule has 1 saturated carbocycles. The number of halogens is 2. The average molecular weight is 308 g/mol. The van der Waals surface area contributed by atoms with E-state index in [2.05, 4.69) is 17.1 Å². The van der Waals surface area contributed by atoms with Crippen LogP contribution in [0.2, 0.25) is 0 Å². The lowest BCUT2D eigenvalue weighted by Gasteiger charge is -2.39. The minimum Gasteiger partial charge on any atom is -0.367 e. The van der Waals surface area contributed by atoms with E-state index in [9.17, 15) is 8.78 Å². The molecule has 2 atom stereocenters. The molecule has 2 nitrogen and oxygen atoms in total. The Hall–Kier alpha value is -1.16. The van der Waals surface area contributed by atoms with Crippen LogP contribution in [0.3, 0.4) is 0 Å². The number of hydrogen-bond donors (Lipinski definition) is 1. The summed E-state index contributed by atoms with van der Waals surface area (Å²) in [6.45, 7) is 4.93. The van der Waals surface area contributed by atoms with E-state index < -0.39 is 11.6 Å². The number of hydrogen-bond acceptors (Lipinski definition) is 2. The SMILES string of the molecule is CC1CC(NCC2CCCC2)CN(c2ccc(F)cc2F)C1. The summed E-state index contributed by atoms with van der Waals surface area (Å²) in [7, 11) is 0. The maximum Gasteiger partial charge on any atom is 0.149 e. The van der Waals surface area contributed by atoms with Gasteiger partial charge in [-0.3, -0.25) is 0 Å². The monoisotopic (exact) mass is 308 g/mol. The normalized spacial score (nSPS) is 26.6. The zero-order valence-corrected chi connectivity index (χ0v) is 13.3. The molecular formula is C18H26F2N2. The zero-order chi connectivity index (χ0) is 15.5.